The van der Waals surface area contributed by atoms with E-state index in [4.69, 9.17) is 16.3 Å². The molecule has 2 unspecified atom stereocenters. The van der Waals surface area contributed by atoms with Gasteiger partial charge in [0, 0.05) is 16.8 Å². The molecule has 1 aromatic rings. The van der Waals surface area contributed by atoms with Crippen LogP contribution in [0.15, 0.2) is 16.6 Å². The van der Waals surface area contributed by atoms with Crippen LogP contribution >= 0.6 is 39.3 Å². The van der Waals surface area contributed by atoms with Gasteiger partial charge in [-0.25, -0.2) is 0 Å². The molecular formula is C12H15BrClNOS. The Morgan fingerprint density at radius 2 is 2.24 bits per heavy atom. The highest BCUT2D eigenvalue weighted by atomic mass is 79.9. The van der Waals surface area contributed by atoms with Crippen molar-refractivity contribution in [1.82, 2.24) is 0 Å². The van der Waals surface area contributed by atoms with Crippen LogP contribution in [0, 0.1) is 5.92 Å². The van der Waals surface area contributed by atoms with Crippen LogP contribution < -0.4 is 10.1 Å². The quantitative estimate of drug-likeness (QED) is 0.890. The minimum Gasteiger partial charge on any atom is -0.493 e. The first-order valence-electron chi connectivity index (χ1n) is 5.49. The number of nitrogens with one attached hydrogen (secondary N) is 1. The summed E-state index contributed by atoms with van der Waals surface area (Å²) in [4.78, 5) is 0. The van der Waals surface area contributed by atoms with Crippen molar-refractivity contribution in [3.05, 3.63) is 21.6 Å². The van der Waals surface area contributed by atoms with Crippen molar-refractivity contribution in [3.63, 3.8) is 0 Å². The van der Waals surface area contributed by atoms with Crippen molar-refractivity contribution in [3.8, 4) is 5.75 Å². The molecule has 2 nitrogen and oxygen atoms in total. The number of rotatable bonds is 3. The molecular weight excluding hydrogens is 322 g/mol. The highest BCUT2D eigenvalue weighted by Gasteiger charge is 2.25. The Labute approximate surface area is 120 Å². The number of methoxy groups -OCH3 is 1. The zero-order valence-electron chi connectivity index (χ0n) is 9.80. The monoisotopic (exact) mass is 335 g/mol. The number of anilines is 1. The lowest BCUT2D eigenvalue weighted by atomic mass is 10.1. The molecule has 0 spiro atoms. The standard InChI is InChI=1S/C12H15BrClNOS/c1-7-5-17-6-11(7)15-10-4-8(14)3-9(13)12(10)16-2/h3-4,7,11,15H,5-6H2,1-2H3. The molecule has 5 heteroatoms. The van der Waals surface area contributed by atoms with Crippen LogP contribution in [0.1, 0.15) is 6.92 Å². The molecule has 1 saturated heterocycles. The van der Waals surface area contributed by atoms with Crippen LogP contribution in [0.4, 0.5) is 5.69 Å². The largest absolute Gasteiger partial charge is 0.493 e. The summed E-state index contributed by atoms with van der Waals surface area (Å²) in [6.45, 7) is 2.27. The van der Waals surface area contributed by atoms with Gasteiger partial charge in [0.15, 0.2) is 5.75 Å². The van der Waals surface area contributed by atoms with Crippen LogP contribution in [0.5, 0.6) is 5.75 Å². The average Bonchev–Trinajstić information content (AvgIpc) is 2.64. The summed E-state index contributed by atoms with van der Waals surface area (Å²) in [5.74, 6) is 3.83. The Kier molecular flexibility index (Phi) is 4.50. The first-order chi connectivity index (χ1) is 8.11. The lowest BCUT2D eigenvalue weighted by molar-refractivity contribution is 0.413. The third kappa shape index (κ3) is 3.04. The third-order valence-electron chi connectivity index (χ3n) is 2.92. The van der Waals surface area contributed by atoms with Gasteiger partial charge in [0.1, 0.15) is 0 Å². The third-order valence-corrected chi connectivity index (χ3v) is 5.08. The summed E-state index contributed by atoms with van der Waals surface area (Å²) < 4.78 is 6.28. The molecule has 1 aromatic carbocycles. The number of hydrogen-bond acceptors (Lipinski definition) is 3. The Morgan fingerprint density at radius 3 is 2.82 bits per heavy atom. The van der Waals surface area contributed by atoms with Gasteiger partial charge in [0.25, 0.3) is 0 Å². The maximum Gasteiger partial charge on any atom is 0.156 e. The summed E-state index contributed by atoms with van der Waals surface area (Å²) in [6, 6.07) is 4.25. The predicted molar refractivity (Wildman–Crippen MR) is 79.6 cm³/mol. The van der Waals surface area contributed by atoms with Gasteiger partial charge in [-0.3, -0.25) is 0 Å². The van der Waals surface area contributed by atoms with E-state index in [0.717, 1.165) is 21.7 Å². The van der Waals surface area contributed by atoms with Gasteiger partial charge < -0.3 is 10.1 Å². The molecule has 1 N–H and O–H groups in total. The van der Waals surface area contributed by atoms with E-state index in [2.05, 4.69) is 28.2 Å². The lowest BCUT2D eigenvalue weighted by Crippen LogP contribution is -2.25. The fraction of sp³-hybridized carbons (Fsp3) is 0.500. The zero-order chi connectivity index (χ0) is 12.4. The molecule has 0 bridgehead atoms. The highest BCUT2D eigenvalue weighted by molar-refractivity contribution is 9.10. The van der Waals surface area contributed by atoms with Crippen molar-refractivity contribution >= 4 is 45.0 Å². The molecule has 0 amide bonds. The SMILES string of the molecule is COc1c(Br)cc(Cl)cc1NC1CSCC1C. The molecule has 17 heavy (non-hydrogen) atoms. The molecule has 2 atom stereocenters. The molecule has 2 rings (SSSR count). The Bertz CT molecular complexity index is 416. The minimum atomic E-state index is 0.485. The Hall–Kier alpha value is -0.0600. The Morgan fingerprint density at radius 1 is 1.47 bits per heavy atom. The van der Waals surface area contributed by atoms with E-state index in [0.29, 0.717) is 17.0 Å². The summed E-state index contributed by atoms with van der Waals surface area (Å²) in [6.07, 6.45) is 0. The van der Waals surface area contributed by atoms with Gasteiger partial charge in [0.05, 0.1) is 17.3 Å². The van der Waals surface area contributed by atoms with Crippen molar-refractivity contribution in [2.75, 3.05) is 23.9 Å². The summed E-state index contributed by atoms with van der Waals surface area (Å²) in [5.41, 5.74) is 0.964. The number of hydrogen-bond donors (Lipinski definition) is 1. The van der Waals surface area contributed by atoms with E-state index < -0.39 is 0 Å². The predicted octanol–water partition coefficient (Wildman–Crippen LogP) is 4.27. The zero-order valence-corrected chi connectivity index (χ0v) is 13.0. The second-order valence-electron chi connectivity index (χ2n) is 4.23. The van der Waals surface area contributed by atoms with Crippen molar-refractivity contribution < 1.29 is 4.74 Å². The van der Waals surface area contributed by atoms with E-state index in [1.807, 2.05) is 23.9 Å². The number of ether oxygens (including phenoxy) is 1. The summed E-state index contributed by atoms with van der Waals surface area (Å²) in [5, 5.41) is 4.24. The van der Waals surface area contributed by atoms with Gasteiger partial charge in [-0.2, -0.15) is 11.8 Å². The van der Waals surface area contributed by atoms with Gasteiger partial charge in [-0.05, 0) is 39.7 Å². The molecule has 0 aromatic heterocycles. The van der Waals surface area contributed by atoms with Crippen molar-refractivity contribution in [2.24, 2.45) is 5.92 Å². The topological polar surface area (TPSA) is 21.3 Å². The van der Waals surface area contributed by atoms with Crippen LogP contribution in [0.25, 0.3) is 0 Å². The second-order valence-corrected chi connectivity index (χ2v) is 6.60. The van der Waals surface area contributed by atoms with Crippen molar-refractivity contribution in [2.45, 2.75) is 13.0 Å². The molecule has 0 radical (unpaired) electrons. The molecule has 1 aliphatic rings. The maximum absolute atomic E-state index is 6.07. The molecule has 0 saturated carbocycles. The number of benzene rings is 1. The summed E-state index contributed by atoms with van der Waals surface area (Å²) in [7, 11) is 1.67. The smallest absolute Gasteiger partial charge is 0.156 e. The first-order valence-corrected chi connectivity index (χ1v) is 7.81. The van der Waals surface area contributed by atoms with Crippen LogP contribution in [0.2, 0.25) is 5.02 Å². The average molecular weight is 337 g/mol. The van der Waals surface area contributed by atoms with Gasteiger partial charge >= 0.3 is 0 Å². The van der Waals surface area contributed by atoms with Crippen LogP contribution in [-0.4, -0.2) is 24.7 Å². The maximum atomic E-state index is 6.07. The highest BCUT2D eigenvalue weighted by Crippen LogP contribution is 2.38. The van der Waals surface area contributed by atoms with Gasteiger partial charge in [-0.1, -0.05) is 18.5 Å². The molecule has 1 aliphatic heterocycles. The van der Waals surface area contributed by atoms with E-state index >= 15 is 0 Å². The fourth-order valence-electron chi connectivity index (χ4n) is 1.92. The van der Waals surface area contributed by atoms with E-state index in [-0.39, 0.29) is 0 Å². The normalized spacial score (nSPS) is 23.8. The minimum absolute atomic E-state index is 0.485. The molecule has 1 heterocycles. The Balaban J connectivity index is 2.24. The van der Waals surface area contributed by atoms with Crippen LogP contribution in [-0.2, 0) is 0 Å². The second kappa shape index (κ2) is 5.72. The number of halogens is 2. The first kappa shape index (κ1) is 13.4. The van der Waals surface area contributed by atoms with Crippen molar-refractivity contribution in [1.29, 1.82) is 0 Å². The van der Waals surface area contributed by atoms with E-state index in [1.54, 1.807) is 7.11 Å². The number of thioether (sulfide) groups is 1. The van der Waals surface area contributed by atoms with Gasteiger partial charge in [-0.15, -0.1) is 0 Å². The van der Waals surface area contributed by atoms with Gasteiger partial charge in [0.2, 0.25) is 0 Å². The summed E-state index contributed by atoms with van der Waals surface area (Å²) >= 11 is 11.5. The van der Waals surface area contributed by atoms with E-state index in [9.17, 15) is 0 Å². The fourth-order valence-corrected chi connectivity index (χ4v) is 4.30. The molecule has 0 aliphatic carbocycles. The molecule has 94 valence electrons. The molecule has 1 fully saturated rings. The van der Waals surface area contributed by atoms with Crippen LogP contribution in [0.3, 0.4) is 0 Å². The van der Waals surface area contributed by atoms with E-state index in [1.165, 1.54) is 5.75 Å². The lowest BCUT2D eigenvalue weighted by Gasteiger charge is -2.20.